The number of allylic oxidation sites excluding steroid dienone is 1. The third kappa shape index (κ3) is 4.62. The van der Waals surface area contributed by atoms with E-state index in [1.807, 2.05) is 51.1 Å². The number of ether oxygens (including phenoxy) is 2. The van der Waals surface area contributed by atoms with Crippen LogP contribution in [0.3, 0.4) is 0 Å². The summed E-state index contributed by atoms with van der Waals surface area (Å²) in [6, 6.07) is 7.47. The average molecular weight is 248 g/mol. The first-order valence-electron chi connectivity index (χ1n) is 5.97. The average Bonchev–Trinajstić information content (AvgIpc) is 2.35. The van der Waals surface area contributed by atoms with Crippen LogP contribution in [0.25, 0.3) is 0 Å². The fraction of sp³-hybridized carbons (Fsp3) is 0.400. The minimum atomic E-state index is -0.202. The van der Waals surface area contributed by atoms with E-state index in [9.17, 15) is 4.79 Å². The zero-order valence-corrected chi connectivity index (χ0v) is 11.4. The molecule has 98 valence electrons. The summed E-state index contributed by atoms with van der Waals surface area (Å²) in [7, 11) is 1.62. The highest BCUT2D eigenvalue weighted by Gasteiger charge is 2.11. The molecule has 3 heteroatoms. The molecule has 0 fully saturated rings. The number of hydrogen-bond acceptors (Lipinski definition) is 3. The first kappa shape index (κ1) is 14.3. The van der Waals surface area contributed by atoms with Crippen molar-refractivity contribution in [2.45, 2.75) is 27.4 Å². The molecule has 1 aromatic rings. The maximum Gasteiger partial charge on any atom is 0.312 e. The normalized spacial score (nSPS) is 11.6. The SMILES string of the molecule is COc1ccc(COC(=O)[C@@H](C)C=C(C)C)cc1. The molecule has 0 aliphatic rings. The molecule has 1 rings (SSSR count). The van der Waals surface area contributed by atoms with Gasteiger partial charge in [0.05, 0.1) is 13.0 Å². The number of carbonyl (C=O) groups excluding carboxylic acids is 1. The Kier molecular flexibility index (Phi) is 5.43. The van der Waals surface area contributed by atoms with Crippen molar-refractivity contribution in [3.8, 4) is 5.75 Å². The van der Waals surface area contributed by atoms with Crippen LogP contribution in [-0.4, -0.2) is 13.1 Å². The number of methoxy groups -OCH3 is 1. The van der Waals surface area contributed by atoms with Crippen LogP contribution in [0.15, 0.2) is 35.9 Å². The summed E-state index contributed by atoms with van der Waals surface area (Å²) in [5, 5.41) is 0. The monoisotopic (exact) mass is 248 g/mol. The van der Waals surface area contributed by atoms with Gasteiger partial charge in [0, 0.05) is 0 Å². The second-order valence-corrected chi connectivity index (χ2v) is 4.49. The van der Waals surface area contributed by atoms with Gasteiger partial charge in [0.2, 0.25) is 0 Å². The summed E-state index contributed by atoms with van der Waals surface area (Å²) in [6.45, 7) is 6.06. The highest BCUT2D eigenvalue weighted by Crippen LogP contribution is 2.13. The molecular formula is C15H20O3. The Bertz CT molecular complexity index is 414. The molecule has 18 heavy (non-hydrogen) atoms. The third-order valence-corrected chi connectivity index (χ3v) is 2.50. The molecule has 3 nitrogen and oxygen atoms in total. The van der Waals surface area contributed by atoms with Gasteiger partial charge in [0.15, 0.2) is 0 Å². The van der Waals surface area contributed by atoms with Crippen LogP contribution in [0, 0.1) is 5.92 Å². The van der Waals surface area contributed by atoms with Gasteiger partial charge in [-0.1, -0.05) is 23.8 Å². The topological polar surface area (TPSA) is 35.5 Å². The number of rotatable bonds is 5. The fourth-order valence-corrected chi connectivity index (χ4v) is 1.58. The van der Waals surface area contributed by atoms with Gasteiger partial charge < -0.3 is 9.47 Å². The summed E-state index contributed by atoms with van der Waals surface area (Å²) >= 11 is 0. The van der Waals surface area contributed by atoms with Crippen LogP contribution in [0.1, 0.15) is 26.3 Å². The van der Waals surface area contributed by atoms with Gasteiger partial charge in [0.1, 0.15) is 12.4 Å². The van der Waals surface area contributed by atoms with Gasteiger partial charge >= 0.3 is 5.97 Å². The van der Waals surface area contributed by atoms with Crippen molar-refractivity contribution in [2.75, 3.05) is 7.11 Å². The lowest BCUT2D eigenvalue weighted by atomic mass is 10.1. The maximum absolute atomic E-state index is 11.7. The second-order valence-electron chi connectivity index (χ2n) is 4.49. The first-order valence-corrected chi connectivity index (χ1v) is 5.97. The summed E-state index contributed by atoms with van der Waals surface area (Å²) in [5.41, 5.74) is 2.07. The van der Waals surface area contributed by atoms with E-state index >= 15 is 0 Å². The number of benzene rings is 1. The van der Waals surface area contributed by atoms with Crippen LogP contribution in [0.2, 0.25) is 0 Å². The summed E-state index contributed by atoms with van der Waals surface area (Å²) in [6.07, 6.45) is 1.90. The Labute approximate surface area is 108 Å². The van der Waals surface area contributed by atoms with Crippen LogP contribution in [0.4, 0.5) is 0 Å². The summed E-state index contributed by atoms with van der Waals surface area (Å²) in [4.78, 5) is 11.7. The van der Waals surface area contributed by atoms with Crippen LogP contribution in [0.5, 0.6) is 5.75 Å². The van der Waals surface area contributed by atoms with Gasteiger partial charge in [-0.15, -0.1) is 0 Å². The molecule has 0 amide bonds. The molecule has 0 saturated carbocycles. The van der Waals surface area contributed by atoms with Crippen LogP contribution < -0.4 is 4.74 Å². The molecule has 0 unspecified atom stereocenters. The van der Waals surface area contributed by atoms with Crippen LogP contribution in [-0.2, 0) is 16.1 Å². The molecule has 0 spiro atoms. The zero-order chi connectivity index (χ0) is 13.5. The Balaban J connectivity index is 2.49. The second kappa shape index (κ2) is 6.84. The Hall–Kier alpha value is -1.77. The Morgan fingerprint density at radius 1 is 1.28 bits per heavy atom. The van der Waals surface area contributed by atoms with E-state index in [-0.39, 0.29) is 11.9 Å². The molecule has 0 heterocycles. The van der Waals surface area contributed by atoms with E-state index in [0.717, 1.165) is 16.9 Å². The van der Waals surface area contributed by atoms with Gasteiger partial charge in [-0.25, -0.2) is 0 Å². The Morgan fingerprint density at radius 2 is 1.89 bits per heavy atom. The summed E-state index contributed by atoms with van der Waals surface area (Å²) < 4.78 is 10.3. The van der Waals surface area contributed by atoms with E-state index in [1.54, 1.807) is 7.11 Å². The van der Waals surface area contributed by atoms with E-state index < -0.39 is 0 Å². The lowest BCUT2D eigenvalue weighted by Crippen LogP contribution is -2.13. The van der Waals surface area contributed by atoms with E-state index in [2.05, 4.69) is 0 Å². The van der Waals surface area contributed by atoms with Crippen molar-refractivity contribution in [3.05, 3.63) is 41.5 Å². The van der Waals surface area contributed by atoms with Crippen LogP contribution >= 0.6 is 0 Å². The molecule has 1 atom stereocenters. The van der Waals surface area contributed by atoms with Gasteiger partial charge in [0.25, 0.3) is 0 Å². The van der Waals surface area contributed by atoms with Crippen molar-refractivity contribution >= 4 is 5.97 Å². The third-order valence-electron chi connectivity index (χ3n) is 2.50. The molecular weight excluding hydrogens is 228 g/mol. The largest absolute Gasteiger partial charge is 0.497 e. The fourth-order valence-electron chi connectivity index (χ4n) is 1.58. The first-order chi connectivity index (χ1) is 8.52. The molecule has 0 N–H and O–H groups in total. The van der Waals surface area contributed by atoms with Gasteiger partial charge in [-0.3, -0.25) is 4.79 Å². The lowest BCUT2D eigenvalue weighted by Gasteiger charge is -2.09. The smallest absolute Gasteiger partial charge is 0.312 e. The van der Waals surface area contributed by atoms with E-state index in [0.29, 0.717) is 6.61 Å². The number of carbonyl (C=O) groups is 1. The molecule has 0 aliphatic heterocycles. The zero-order valence-electron chi connectivity index (χ0n) is 11.4. The van der Waals surface area contributed by atoms with Crippen molar-refractivity contribution in [2.24, 2.45) is 5.92 Å². The maximum atomic E-state index is 11.7. The molecule has 0 aliphatic carbocycles. The van der Waals surface area contributed by atoms with Crippen molar-refractivity contribution in [1.29, 1.82) is 0 Å². The van der Waals surface area contributed by atoms with Crippen molar-refractivity contribution < 1.29 is 14.3 Å². The van der Waals surface area contributed by atoms with E-state index in [4.69, 9.17) is 9.47 Å². The molecule has 0 saturated heterocycles. The highest BCUT2D eigenvalue weighted by molar-refractivity contribution is 5.74. The predicted octanol–water partition coefficient (Wildman–Crippen LogP) is 3.34. The standard InChI is InChI=1S/C15H20O3/c1-11(2)9-12(3)15(16)18-10-13-5-7-14(17-4)8-6-13/h5-9,12H,10H2,1-4H3/t12-/m0/s1. The predicted molar refractivity (Wildman–Crippen MR) is 71.4 cm³/mol. The number of esters is 1. The minimum Gasteiger partial charge on any atom is -0.497 e. The molecule has 0 aromatic heterocycles. The van der Waals surface area contributed by atoms with Crippen molar-refractivity contribution in [3.63, 3.8) is 0 Å². The van der Waals surface area contributed by atoms with Crippen molar-refractivity contribution in [1.82, 2.24) is 0 Å². The van der Waals surface area contributed by atoms with Gasteiger partial charge in [-0.2, -0.15) is 0 Å². The molecule has 0 radical (unpaired) electrons. The van der Waals surface area contributed by atoms with E-state index in [1.165, 1.54) is 0 Å². The highest BCUT2D eigenvalue weighted by atomic mass is 16.5. The summed E-state index contributed by atoms with van der Waals surface area (Å²) in [5.74, 6) is 0.392. The minimum absolute atomic E-state index is 0.201. The quantitative estimate of drug-likeness (QED) is 0.592. The Morgan fingerprint density at radius 3 is 2.39 bits per heavy atom. The lowest BCUT2D eigenvalue weighted by molar-refractivity contribution is -0.147. The van der Waals surface area contributed by atoms with Gasteiger partial charge in [-0.05, 0) is 38.5 Å². The number of hydrogen-bond donors (Lipinski definition) is 0. The molecule has 1 aromatic carbocycles. The molecule has 0 bridgehead atoms.